The summed E-state index contributed by atoms with van der Waals surface area (Å²) < 4.78 is 0. The van der Waals surface area contributed by atoms with Crippen molar-refractivity contribution in [2.45, 2.75) is 45.1 Å². The molecule has 2 N–H and O–H groups in total. The fourth-order valence-corrected chi connectivity index (χ4v) is 2.64. The average molecular weight is 406 g/mol. The Morgan fingerprint density at radius 2 is 2.19 bits per heavy atom. The van der Waals surface area contributed by atoms with Gasteiger partial charge in [-0.2, -0.15) is 0 Å². The van der Waals surface area contributed by atoms with Crippen molar-refractivity contribution in [2.75, 3.05) is 26.2 Å². The Labute approximate surface area is 144 Å². The SMILES string of the molecule is CCNC(=NCCCN1CCCC1=O)NC1CC=CC1.I. The Balaban J connectivity index is 0.00000220. The lowest BCUT2D eigenvalue weighted by Crippen LogP contribution is -2.42. The lowest BCUT2D eigenvalue weighted by atomic mass is 10.2. The summed E-state index contributed by atoms with van der Waals surface area (Å²) in [7, 11) is 0. The van der Waals surface area contributed by atoms with Crippen molar-refractivity contribution in [3.05, 3.63) is 12.2 Å². The summed E-state index contributed by atoms with van der Waals surface area (Å²) in [6.45, 7) is 5.48. The van der Waals surface area contributed by atoms with Crippen LogP contribution >= 0.6 is 24.0 Å². The highest BCUT2D eigenvalue weighted by Gasteiger charge is 2.18. The summed E-state index contributed by atoms with van der Waals surface area (Å²) in [5.41, 5.74) is 0. The van der Waals surface area contributed by atoms with Gasteiger partial charge in [-0.15, -0.1) is 24.0 Å². The number of amides is 1. The van der Waals surface area contributed by atoms with Gasteiger partial charge >= 0.3 is 0 Å². The number of aliphatic imine (C=N–C) groups is 1. The summed E-state index contributed by atoms with van der Waals surface area (Å²) in [6.07, 6.45) is 9.24. The van der Waals surface area contributed by atoms with E-state index in [1.165, 1.54) is 0 Å². The first-order valence-electron chi connectivity index (χ1n) is 7.77. The molecule has 0 unspecified atom stereocenters. The van der Waals surface area contributed by atoms with E-state index in [1.54, 1.807) is 0 Å². The number of carbonyl (C=O) groups is 1. The molecule has 1 heterocycles. The standard InChI is InChI=1S/C15H26N4O.HI/c1-2-16-15(18-13-7-3-4-8-13)17-10-6-12-19-11-5-9-14(19)20;/h3-4,13H,2,5-12H2,1H3,(H2,16,17,18);1H. The van der Waals surface area contributed by atoms with E-state index in [-0.39, 0.29) is 24.0 Å². The molecule has 1 fully saturated rings. The monoisotopic (exact) mass is 406 g/mol. The van der Waals surface area contributed by atoms with Crippen LogP contribution in [0.1, 0.15) is 39.0 Å². The molecule has 0 aromatic heterocycles. The van der Waals surface area contributed by atoms with E-state index >= 15 is 0 Å². The average Bonchev–Trinajstić information content (AvgIpc) is 3.07. The molecule has 0 atom stereocenters. The van der Waals surface area contributed by atoms with Crippen LogP contribution in [0.15, 0.2) is 17.1 Å². The second-order valence-corrected chi connectivity index (χ2v) is 5.38. The van der Waals surface area contributed by atoms with Gasteiger partial charge in [0.25, 0.3) is 0 Å². The number of rotatable bonds is 6. The number of nitrogens with one attached hydrogen (secondary N) is 2. The highest BCUT2D eigenvalue weighted by atomic mass is 127. The minimum Gasteiger partial charge on any atom is -0.357 e. The summed E-state index contributed by atoms with van der Waals surface area (Å²) >= 11 is 0. The summed E-state index contributed by atoms with van der Waals surface area (Å²) in [5.74, 6) is 1.20. The number of nitrogens with zero attached hydrogens (tertiary/aromatic N) is 2. The molecule has 6 heteroatoms. The van der Waals surface area contributed by atoms with Crippen LogP contribution in [0.3, 0.4) is 0 Å². The minimum atomic E-state index is 0. The maximum Gasteiger partial charge on any atom is 0.222 e. The van der Waals surface area contributed by atoms with Crippen molar-refractivity contribution >= 4 is 35.8 Å². The third-order valence-corrected chi connectivity index (χ3v) is 3.72. The molecule has 21 heavy (non-hydrogen) atoms. The van der Waals surface area contributed by atoms with Crippen LogP contribution in [-0.4, -0.2) is 49.0 Å². The molecule has 0 aromatic carbocycles. The van der Waals surface area contributed by atoms with Crippen molar-refractivity contribution in [3.8, 4) is 0 Å². The number of carbonyl (C=O) groups excluding carboxylic acids is 1. The van der Waals surface area contributed by atoms with Gasteiger partial charge < -0.3 is 15.5 Å². The lowest BCUT2D eigenvalue weighted by Gasteiger charge is -2.17. The van der Waals surface area contributed by atoms with Crippen LogP contribution in [0.2, 0.25) is 0 Å². The second kappa shape index (κ2) is 10.0. The van der Waals surface area contributed by atoms with Crippen molar-refractivity contribution in [1.82, 2.24) is 15.5 Å². The number of halogens is 1. The predicted molar refractivity (Wildman–Crippen MR) is 97.1 cm³/mol. The van der Waals surface area contributed by atoms with Crippen molar-refractivity contribution in [1.29, 1.82) is 0 Å². The van der Waals surface area contributed by atoms with Crippen molar-refractivity contribution in [3.63, 3.8) is 0 Å². The van der Waals surface area contributed by atoms with E-state index in [9.17, 15) is 4.79 Å². The van der Waals surface area contributed by atoms with Gasteiger partial charge in [0.15, 0.2) is 5.96 Å². The van der Waals surface area contributed by atoms with Crippen LogP contribution in [0.5, 0.6) is 0 Å². The molecule has 0 aromatic rings. The highest BCUT2D eigenvalue weighted by Crippen LogP contribution is 2.10. The summed E-state index contributed by atoms with van der Waals surface area (Å²) in [4.78, 5) is 18.0. The van der Waals surface area contributed by atoms with Gasteiger partial charge in [0.05, 0.1) is 0 Å². The van der Waals surface area contributed by atoms with Gasteiger partial charge in [-0.25, -0.2) is 0 Å². The zero-order chi connectivity index (χ0) is 14.2. The largest absolute Gasteiger partial charge is 0.357 e. The highest BCUT2D eigenvalue weighted by molar-refractivity contribution is 14.0. The zero-order valence-electron chi connectivity index (χ0n) is 12.8. The number of likely N-dealkylation sites (tertiary alicyclic amines) is 1. The Morgan fingerprint density at radius 1 is 1.43 bits per heavy atom. The molecule has 0 radical (unpaired) electrons. The summed E-state index contributed by atoms with van der Waals surface area (Å²) in [6, 6.07) is 0.480. The van der Waals surface area contributed by atoms with E-state index in [1.807, 2.05) is 4.90 Å². The van der Waals surface area contributed by atoms with Crippen LogP contribution in [0.25, 0.3) is 0 Å². The normalized spacial score (nSPS) is 19.0. The fourth-order valence-electron chi connectivity index (χ4n) is 2.64. The maximum absolute atomic E-state index is 11.5. The smallest absolute Gasteiger partial charge is 0.222 e. The van der Waals surface area contributed by atoms with Crippen LogP contribution in [-0.2, 0) is 4.79 Å². The van der Waals surface area contributed by atoms with E-state index in [4.69, 9.17) is 0 Å². The lowest BCUT2D eigenvalue weighted by molar-refractivity contribution is -0.127. The molecular formula is C15H27IN4O. The molecule has 2 rings (SSSR count). The quantitative estimate of drug-likeness (QED) is 0.233. The predicted octanol–water partition coefficient (Wildman–Crippen LogP) is 1.89. The molecule has 120 valence electrons. The molecule has 5 nitrogen and oxygen atoms in total. The number of hydrogen-bond acceptors (Lipinski definition) is 2. The molecule has 0 spiro atoms. The molecule has 1 aliphatic carbocycles. The zero-order valence-corrected chi connectivity index (χ0v) is 15.1. The number of hydrogen-bond donors (Lipinski definition) is 2. The molecule has 1 aliphatic heterocycles. The van der Waals surface area contributed by atoms with Crippen molar-refractivity contribution in [2.24, 2.45) is 4.99 Å². The van der Waals surface area contributed by atoms with Crippen LogP contribution in [0, 0.1) is 0 Å². The molecule has 1 saturated heterocycles. The molecule has 2 aliphatic rings. The first-order chi connectivity index (χ1) is 9.79. The fraction of sp³-hybridized carbons (Fsp3) is 0.733. The summed E-state index contributed by atoms with van der Waals surface area (Å²) in [5, 5.41) is 6.73. The maximum atomic E-state index is 11.5. The topological polar surface area (TPSA) is 56.7 Å². The second-order valence-electron chi connectivity index (χ2n) is 5.38. The van der Waals surface area contributed by atoms with Gasteiger partial charge in [0.1, 0.15) is 0 Å². The first kappa shape index (κ1) is 18.3. The van der Waals surface area contributed by atoms with Gasteiger partial charge in [0, 0.05) is 38.6 Å². The van der Waals surface area contributed by atoms with E-state index in [0.717, 1.165) is 64.2 Å². The molecular weight excluding hydrogens is 379 g/mol. The van der Waals surface area contributed by atoms with Crippen LogP contribution < -0.4 is 10.6 Å². The number of guanidine groups is 1. The van der Waals surface area contributed by atoms with E-state index in [0.29, 0.717) is 11.9 Å². The Kier molecular flexibility index (Phi) is 8.72. The van der Waals surface area contributed by atoms with Gasteiger partial charge in [-0.05, 0) is 32.6 Å². The van der Waals surface area contributed by atoms with Crippen LogP contribution in [0.4, 0.5) is 0 Å². The molecule has 0 saturated carbocycles. The van der Waals surface area contributed by atoms with Crippen molar-refractivity contribution < 1.29 is 4.79 Å². The van der Waals surface area contributed by atoms with E-state index < -0.39 is 0 Å². The third kappa shape index (κ3) is 6.23. The first-order valence-corrected chi connectivity index (χ1v) is 7.77. The Morgan fingerprint density at radius 3 is 2.81 bits per heavy atom. The third-order valence-electron chi connectivity index (χ3n) is 3.72. The minimum absolute atomic E-state index is 0. The van der Waals surface area contributed by atoms with Gasteiger partial charge in [-0.1, -0.05) is 12.2 Å². The molecule has 0 bridgehead atoms. The van der Waals surface area contributed by atoms with E-state index in [2.05, 4.69) is 34.7 Å². The Bertz CT molecular complexity index is 376. The molecule has 1 amide bonds. The van der Waals surface area contributed by atoms with Gasteiger partial charge in [-0.3, -0.25) is 9.79 Å². The Hall–Kier alpha value is -0.790. The van der Waals surface area contributed by atoms with Gasteiger partial charge in [0.2, 0.25) is 5.91 Å².